The first-order valence-corrected chi connectivity index (χ1v) is 11.0. The highest BCUT2D eigenvalue weighted by Crippen LogP contribution is 2.40. The van der Waals surface area contributed by atoms with Crippen LogP contribution in [0.3, 0.4) is 0 Å². The first kappa shape index (κ1) is 22.1. The lowest BCUT2D eigenvalue weighted by Gasteiger charge is -2.29. The Labute approximate surface area is 199 Å². The van der Waals surface area contributed by atoms with Crippen LogP contribution in [0, 0.1) is 0 Å². The standard InChI is InChI=1S/C25H20F3N5S/c26-25(27,28)18-5-3-6-19(15-18)32-14-4-8-21(32)23-22(20-7-1-2-11-30-20)31-24(34)33(23)16-17-9-12-29-13-10-17/h1-15,22-23H,16H2,(H,31,34). The zero-order chi connectivity index (χ0) is 23.7. The van der Waals surface area contributed by atoms with Gasteiger partial charge in [-0.2, -0.15) is 13.2 Å². The number of nitrogens with one attached hydrogen (secondary N) is 1. The van der Waals surface area contributed by atoms with Gasteiger partial charge in [-0.15, -0.1) is 0 Å². The van der Waals surface area contributed by atoms with Crippen molar-refractivity contribution in [1.82, 2.24) is 24.8 Å². The summed E-state index contributed by atoms with van der Waals surface area (Å²) in [5.74, 6) is 0. The highest BCUT2D eigenvalue weighted by molar-refractivity contribution is 7.80. The quantitative estimate of drug-likeness (QED) is 0.385. The molecule has 3 aromatic heterocycles. The van der Waals surface area contributed by atoms with Crippen molar-refractivity contribution in [3.05, 3.63) is 114 Å². The fourth-order valence-corrected chi connectivity index (χ4v) is 4.59. The minimum absolute atomic E-state index is 0.282. The van der Waals surface area contributed by atoms with Crippen molar-refractivity contribution in [3.8, 4) is 5.69 Å². The predicted octanol–water partition coefficient (Wildman–Crippen LogP) is 5.46. The molecular formula is C25H20F3N5S. The van der Waals surface area contributed by atoms with Gasteiger partial charge in [0.05, 0.1) is 23.3 Å². The summed E-state index contributed by atoms with van der Waals surface area (Å²) in [5, 5.41) is 3.93. The summed E-state index contributed by atoms with van der Waals surface area (Å²) in [6.45, 7) is 0.510. The second-order valence-electron chi connectivity index (χ2n) is 7.96. The smallest absolute Gasteiger partial charge is 0.352 e. The lowest BCUT2D eigenvalue weighted by atomic mass is 10.0. The molecule has 0 aliphatic carbocycles. The fraction of sp³-hybridized carbons (Fsp3) is 0.160. The SMILES string of the molecule is FC(F)(F)c1cccc(-n2cccc2C2C(c3ccccn3)NC(=S)N2Cc2ccncc2)c1. The van der Waals surface area contributed by atoms with Crippen molar-refractivity contribution < 1.29 is 13.2 Å². The molecule has 9 heteroatoms. The van der Waals surface area contributed by atoms with Gasteiger partial charge in [-0.05, 0) is 72.4 Å². The molecule has 34 heavy (non-hydrogen) atoms. The average Bonchev–Trinajstić information content (AvgIpc) is 3.45. The Morgan fingerprint density at radius 3 is 2.50 bits per heavy atom. The highest BCUT2D eigenvalue weighted by Gasteiger charge is 2.41. The number of nitrogens with zero attached hydrogens (tertiary/aromatic N) is 4. The van der Waals surface area contributed by atoms with E-state index in [1.807, 2.05) is 47.4 Å². The van der Waals surface area contributed by atoms with Gasteiger partial charge in [-0.1, -0.05) is 12.1 Å². The zero-order valence-corrected chi connectivity index (χ0v) is 18.7. The van der Waals surface area contributed by atoms with E-state index in [0.29, 0.717) is 17.3 Å². The van der Waals surface area contributed by atoms with E-state index >= 15 is 0 Å². The van der Waals surface area contributed by atoms with Crippen molar-refractivity contribution in [2.24, 2.45) is 0 Å². The van der Waals surface area contributed by atoms with E-state index in [0.717, 1.165) is 29.1 Å². The molecule has 1 aromatic carbocycles. The molecule has 1 saturated heterocycles. The summed E-state index contributed by atoms with van der Waals surface area (Å²) >= 11 is 5.71. The van der Waals surface area contributed by atoms with Gasteiger partial charge < -0.3 is 14.8 Å². The van der Waals surface area contributed by atoms with Gasteiger partial charge in [0.15, 0.2) is 5.11 Å². The van der Waals surface area contributed by atoms with E-state index in [1.165, 1.54) is 6.07 Å². The van der Waals surface area contributed by atoms with Gasteiger partial charge >= 0.3 is 6.18 Å². The Balaban J connectivity index is 1.60. The second-order valence-corrected chi connectivity index (χ2v) is 8.35. The van der Waals surface area contributed by atoms with E-state index < -0.39 is 11.7 Å². The Hall–Kier alpha value is -3.72. The molecule has 1 N–H and O–H groups in total. The zero-order valence-electron chi connectivity index (χ0n) is 17.9. The molecule has 172 valence electrons. The Kier molecular flexibility index (Phi) is 5.79. The van der Waals surface area contributed by atoms with Crippen molar-refractivity contribution in [3.63, 3.8) is 0 Å². The van der Waals surface area contributed by atoms with E-state index in [2.05, 4.69) is 15.3 Å². The van der Waals surface area contributed by atoms with Crippen molar-refractivity contribution in [2.75, 3.05) is 0 Å². The van der Waals surface area contributed by atoms with Crippen LogP contribution < -0.4 is 5.32 Å². The van der Waals surface area contributed by atoms with Gasteiger partial charge in [-0.25, -0.2) is 0 Å². The molecule has 0 amide bonds. The number of hydrogen-bond donors (Lipinski definition) is 1. The Bertz CT molecular complexity index is 1290. The molecule has 0 saturated carbocycles. The minimum atomic E-state index is -4.43. The largest absolute Gasteiger partial charge is 0.416 e. The number of thiocarbonyl (C=S) groups is 1. The number of rotatable bonds is 5. The Morgan fingerprint density at radius 1 is 0.941 bits per heavy atom. The fourth-order valence-electron chi connectivity index (χ4n) is 4.28. The van der Waals surface area contributed by atoms with E-state index in [4.69, 9.17) is 12.2 Å². The summed E-state index contributed by atoms with van der Waals surface area (Å²) in [7, 11) is 0. The molecule has 0 spiro atoms. The number of halogens is 3. The van der Waals surface area contributed by atoms with Gasteiger partial charge in [-0.3, -0.25) is 9.97 Å². The third kappa shape index (κ3) is 4.26. The maximum absolute atomic E-state index is 13.4. The van der Waals surface area contributed by atoms with E-state index in [9.17, 15) is 13.2 Å². The number of aromatic nitrogens is 3. The van der Waals surface area contributed by atoms with Crippen molar-refractivity contribution >= 4 is 17.3 Å². The topological polar surface area (TPSA) is 46.0 Å². The average molecular weight is 480 g/mol. The summed E-state index contributed by atoms with van der Waals surface area (Å²) in [6, 6.07) is 18.0. The molecule has 1 aliphatic heterocycles. The third-order valence-electron chi connectivity index (χ3n) is 5.84. The summed E-state index contributed by atoms with van der Waals surface area (Å²) in [4.78, 5) is 10.7. The molecular weight excluding hydrogens is 459 g/mol. The lowest BCUT2D eigenvalue weighted by molar-refractivity contribution is -0.137. The van der Waals surface area contributed by atoms with Crippen LogP contribution >= 0.6 is 12.2 Å². The summed E-state index contributed by atoms with van der Waals surface area (Å²) in [6.07, 6.45) is 2.50. The van der Waals surface area contributed by atoms with Crippen molar-refractivity contribution in [1.29, 1.82) is 0 Å². The number of pyridine rings is 2. The Morgan fingerprint density at radius 2 is 1.76 bits per heavy atom. The second kappa shape index (κ2) is 8.90. The van der Waals surface area contributed by atoms with Gasteiger partial charge in [0, 0.05) is 42.7 Å². The van der Waals surface area contributed by atoms with Crippen LogP contribution in [-0.2, 0) is 12.7 Å². The molecule has 4 heterocycles. The molecule has 1 aliphatic rings. The molecule has 5 nitrogen and oxygen atoms in total. The molecule has 5 rings (SSSR count). The molecule has 4 aromatic rings. The maximum Gasteiger partial charge on any atom is 0.416 e. The molecule has 2 unspecified atom stereocenters. The highest BCUT2D eigenvalue weighted by atomic mass is 32.1. The normalized spacial score (nSPS) is 18.2. The maximum atomic E-state index is 13.4. The number of hydrogen-bond acceptors (Lipinski definition) is 3. The number of alkyl halides is 3. The van der Waals surface area contributed by atoms with Crippen LogP contribution in [0.25, 0.3) is 5.69 Å². The summed E-state index contributed by atoms with van der Waals surface area (Å²) < 4.78 is 42.0. The van der Waals surface area contributed by atoms with Crippen LogP contribution in [0.1, 0.15) is 34.6 Å². The van der Waals surface area contributed by atoms with Crippen LogP contribution in [0.4, 0.5) is 13.2 Å². The van der Waals surface area contributed by atoms with E-state index in [1.54, 1.807) is 35.4 Å². The minimum Gasteiger partial charge on any atom is -0.352 e. The van der Waals surface area contributed by atoms with Crippen LogP contribution in [0.5, 0.6) is 0 Å². The van der Waals surface area contributed by atoms with Gasteiger partial charge in [0.1, 0.15) is 0 Å². The summed E-state index contributed by atoms with van der Waals surface area (Å²) in [5.41, 5.74) is 2.35. The number of benzene rings is 1. The first-order chi connectivity index (χ1) is 16.4. The third-order valence-corrected chi connectivity index (χ3v) is 6.19. The van der Waals surface area contributed by atoms with Crippen LogP contribution in [0.2, 0.25) is 0 Å². The molecule has 0 radical (unpaired) electrons. The molecule has 0 bridgehead atoms. The lowest BCUT2D eigenvalue weighted by Crippen LogP contribution is -2.30. The van der Waals surface area contributed by atoms with Gasteiger partial charge in [0.25, 0.3) is 0 Å². The van der Waals surface area contributed by atoms with Gasteiger partial charge in [0.2, 0.25) is 0 Å². The predicted molar refractivity (Wildman–Crippen MR) is 126 cm³/mol. The molecule has 2 atom stereocenters. The first-order valence-electron chi connectivity index (χ1n) is 10.6. The van der Waals surface area contributed by atoms with Crippen LogP contribution in [-0.4, -0.2) is 24.5 Å². The van der Waals surface area contributed by atoms with Crippen LogP contribution in [0.15, 0.2) is 91.5 Å². The monoisotopic (exact) mass is 479 g/mol. The molecule has 1 fully saturated rings. The van der Waals surface area contributed by atoms with E-state index in [-0.39, 0.29) is 12.1 Å². The van der Waals surface area contributed by atoms with Crippen molar-refractivity contribution in [2.45, 2.75) is 24.8 Å².